The van der Waals surface area contributed by atoms with E-state index in [9.17, 15) is 4.79 Å². The zero-order valence-corrected chi connectivity index (χ0v) is 10.8. The molecule has 0 unspecified atom stereocenters. The molecule has 2 aliphatic rings. The second-order valence-corrected chi connectivity index (χ2v) is 5.31. The summed E-state index contributed by atoms with van der Waals surface area (Å²) in [5, 5.41) is 15.5. The Bertz CT molecular complexity index is 458. The van der Waals surface area contributed by atoms with E-state index in [4.69, 9.17) is 9.84 Å². The molecule has 2 fully saturated rings. The van der Waals surface area contributed by atoms with E-state index in [-0.39, 0.29) is 5.69 Å². The molecule has 19 heavy (non-hydrogen) atoms. The topological polar surface area (TPSA) is 78.4 Å². The molecule has 2 N–H and O–H groups in total. The summed E-state index contributed by atoms with van der Waals surface area (Å²) in [5.41, 5.74) is 0.970. The molecule has 0 radical (unpaired) electrons. The van der Waals surface area contributed by atoms with Crippen molar-refractivity contribution in [2.45, 2.75) is 44.4 Å². The number of aromatic amines is 1. The Morgan fingerprint density at radius 3 is 3.21 bits per heavy atom. The van der Waals surface area contributed by atoms with E-state index in [0.29, 0.717) is 18.7 Å². The lowest BCUT2D eigenvalue weighted by atomic mass is 9.90. The molecule has 1 aromatic rings. The number of aromatic nitrogens is 2. The van der Waals surface area contributed by atoms with Gasteiger partial charge in [-0.1, -0.05) is 12.8 Å². The second kappa shape index (κ2) is 5.30. The number of nitrogens with one attached hydrogen (secondary N) is 1. The van der Waals surface area contributed by atoms with Gasteiger partial charge in [0.05, 0.1) is 18.9 Å². The fraction of sp³-hybridized carbons (Fsp3) is 0.692. The Balaban J connectivity index is 1.74. The van der Waals surface area contributed by atoms with Crippen LogP contribution in [-0.4, -0.2) is 51.5 Å². The van der Waals surface area contributed by atoms with Gasteiger partial charge >= 0.3 is 5.97 Å². The molecule has 0 spiro atoms. The lowest BCUT2D eigenvalue weighted by molar-refractivity contribution is -0.0911. The molecule has 0 aromatic carbocycles. The molecule has 2 atom stereocenters. The molecule has 0 amide bonds. The van der Waals surface area contributed by atoms with Gasteiger partial charge in [0, 0.05) is 24.7 Å². The number of ether oxygens (including phenoxy) is 1. The molecule has 1 saturated carbocycles. The van der Waals surface area contributed by atoms with E-state index in [2.05, 4.69) is 15.1 Å². The number of hydrogen-bond acceptors (Lipinski definition) is 4. The van der Waals surface area contributed by atoms with Gasteiger partial charge in [-0.15, -0.1) is 0 Å². The fourth-order valence-electron chi connectivity index (χ4n) is 3.21. The molecular weight excluding hydrogens is 246 g/mol. The van der Waals surface area contributed by atoms with Gasteiger partial charge in [-0.05, 0) is 12.8 Å². The maximum absolute atomic E-state index is 11.1. The zero-order chi connectivity index (χ0) is 13.2. The summed E-state index contributed by atoms with van der Waals surface area (Å²) in [5.74, 6) is -0.944. The van der Waals surface area contributed by atoms with Gasteiger partial charge in [0.2, 0.25) is 0 Å². The third-order valence-electron chi connectivity index (χ3n) is 4.15. The summed E-state index contributed by atoms with van der Waals surface area (Å²) in [6.07, 6.45) is 6.68. The van der Waals surface area contributed by atoms with E-state index in [1.54, 1.807) is 6.20 Å². The number of rotatable bonds is 3. The molecule has 1 aliphatic heterocycles. The monoisotopic (exact) mass is 265 g/mol. The minimum atomic E-state index is -0.944. The first kappa shape index (κ1) is 12.6. The molecule has 1 aromatic heterocycles. The highest BCUT2D eigenvalue weighted by atomic mass is 16.5. The van der Waals surface area contributed by atoms with Gasteiger partial charge in [0.1, 0.15) is 5.69 Å². The standard InChI is InChI=1S/C13H19N3O3/c17-13(18)12-9(7-14-15-12)8-16-5-6-19-11-4-2-1-3-10(11)16/h7,10-11H,1-6,8H2,(H,14,15)(H,17,18)/t10-,11-/m1/s1. The maximum Gasteiger partial charge on any atom is 0.354 e. The minimum absolute atomic E-state index is 0.207. The molecule has 6 heteroatoms. The van der Waals surface area contributed by atoms with Crippen molar-refractivity contribution in [3.05, 3.63) is 17.5 Å². The first-order chi connectivity index (χ1) is 9.25. The summed E-state index contributed by atoms with van der Waals surface area (Å²) >= 11 is 0. The molecule has 0 bridgehead atoms. The predicted octanol–water partition coefficient (Wildman–Crippen LogP) is 1.25. The zero-order valence-electron chi connectivity index (χ0n) is 10.8. The third-order valence-corrected chi connectivity index (χ3v) is 4.15. The van der Waals surface area contributed by atoms with Crippen LogP contribution in [0.2, 0.25) is 0 Å². The molecule has 6 nitrogen and oxygen atoms in total. The average molecular weight is 265 g/mol. The van der Waals surface area contributed by atoms with Crippen molar-refractivity contribution >= 4 is 5.97 Å². The van der Waals surface area contributed by atoms with Crippen LogP contribution in [0.25, 0.3) is 0 Å². The van der Waals surface area contributed by atoms with Crippen LogP contribution < -0.4 is 0 Å². The highest BCUT2D eigenvalue weighted by molar-refractivity contribution is 5.86. The molecule has 1 aliphatic carbocycles. The summed E-state index contributed by atoms with van der Waals surface area (Å²) in [4.78, 5) is 13.4. The highest BCUT2D eigenvalue weighted by Gasteiger charge is 2.34. The average Bonchev–Trinajstić information content (AvgIpc) is 2.87. The number of nitrogens with zero attached hydrogens (tertiary/aromatic N) is 2. The predicted molar refractivity (Wildman–Crippen MR) is 68.0 cm³/mol. The normalized spacial score (nSPS) is 28.0. The SMILES string of the molecule is O=C(O)c1[nH]ncc1CN1CCO[C@@H]2CCCC[C@H]21. The van der Waals surface area contributed by atoms with E-state index in [1.165, 1.54) is 12.8 Å². The van der Waals surface area contributed by atoms with Crippen molar-refractivity contribution in [1.82, 2.24) is 15.1 Å². The van der Waals surface area contributed by atoms with Crippen molar-refractivity contribution in [3.8, 4) is 0 Å². The quantitative estimate of drug-likeness (QED) is 0.860. The van der Waals surface area contributed by atoms with Gasteiger partial charge in [0.25, 0.3) is 0 Å². The largest absolute Gasteiger partial charge is 0.477 e. The van der Waals surface area contributed by atoms with Crippen molar-refractivity contribution in [2.24, 2.45) is 0 Å². The fourth-order valence-corrected chi connectivity index (χ4v) is 3.21. The number of H-pyrrole nitrogens is 1. The van der Waals surface area contributed by atoms with Crippen LogP contribution in [0.15, 0.2) is 6.20 Å². The van der Waals surface area contributed by atoms with Crippen molar-refractivity contribution in [1.29, 1.82) is 0 Å². The van der Waals surface area contributed by atoms with Crippen LogP contribution in [0.1, 0.15) is 41.7 Å². The summed E-state index contributed by atoms with van der Waals surface area (Å²) < 4.78 is 5.83. The minimum Gasteiger partial charge on any atom is -0.477 e. The van der Waals surface area contributed by atoms with Crippen LogP contribution in [-0.2, 0) is 11.3 Å². The van der Waals surface area contributed by atoms with Gasteiger partial charge in [-0.3, -0.25) is 10.00 Å². The molecule has 1 saturated heterocycles. The Morgan fingerprint density at radius 1 is 1.53 bits per heavy atom. The third kappa shape index (κ3) is 2.50. The molecule has 104 valence electrons. The second-order valence-electron chi connectivity index (χ2n) is 5.31. The van der Waals surface area contributed by atoms with Crippen molar-refractivity contribution < 1.29 is 14.6 Å². The van der Waals surface area contributed by atoms with E-state index in [0.717, 1.165) is 31.6 Å². The summed E-state index contributed by atoms with van der Waals surface area (Å²) in [6, 6.07) is 0.430. The van der Waals surface area contributed by atoms with Crippen LogP contribution >= 0.6 is 0 Å². The van der Waals surface area contributed by atoms with Gasteiger partial charge in [-0.2, -0.15) is 5.10 Å². The number of hydrogen-bond donors (Lipinski definition) is 2. The van der Waals surface area contributed by atoms with Gasteiger partial charge < -0.3 is 9.84 Å². The molecular formula is C13H19N3O3. The smallest absolute Gasteiger partial charge is 0.354 e. The van der Waals surface area contributed by atoms with Gasteiger partial charge in [0.15, 0.2) is 0 Å². The Hall–Kier alpha value is -1.40. The molecule has 3 rings (SSSR count). The van der Waals surface area contributed by atoms with E-state index in [1.807, 2.05) is 0 Å². The lowest BCUT2D eigenvalue weighted by Gasteiger charge is -2.43. The number of fused-ring (bicyclic) bond motifs is 1. The van der Waals surface area contributed by atoms with E-state index >= 15 is 0 Å². The number of carbonyl (C=O) groups is 1. The van der Waals surface area contributed by atoms with Crippen LogP contribution in [0, 0.1) is 0 Å². The van der Waals surface area contributed by atoms with Crippen LogP contribution in [0.3, 0.4) is 0 Å². The highest BCUT2D eigenvalue weighted by Crippen LogP contribution is 2.29. The summed E-state index contributed by atoms with van der Waals surface area (Å²) in [7, 11) is 0. The summed E-state index contributed by atoms with van der Waals surface area (Å²) in [6.45, 7) is 2.25. The number of morpholine rings is 1. The first-order valence-electron chi connectivity index (χ1n) is 6.87. The Kier molecular flexibility index (Phi) is 3.52. The van der Waals surface area contributed by atoms with E-state index < -0.39 is 5.97 Å². The maximum atomic E-state index is 11.1. The van der Waals surface area contributed by atoms with Crippen molar-refractivity contribution in [2.75, 3.05) is 13.2 Å². The van der Waals surface area contributed by atoms with Crippen LogP contribution in [0.4, 0.5) is 0 Å². The Morgan fingerprint density at radius 2 is 2.37 bits per heavy atom. The van der Waals surface area contributed by atoms with Gasteiger partial charge in [-0.25, -0.2) is 4.79 Å². The van der Waals surface area contributed by atoms with Crippen LogP contribution in [0.5, 0.6) is 0 Å². The first-order valence-corrected chi connectivity index (χ1v) is 6.87. The number of carboxylic acids is 1. The Labute approximate surface area is 111 Å². The molecule has 2 heterocycles. The number of aromatic carboxylic acids is 1. The van der Waals surface area contributed by atoms with Crippen molar-refractivity contribution in [3.63, 3.8) is 0 Å². The number of carboxylic acid groups (broad SMARTS) is 1. The lowest BCUT2D eigenvalue weighted by Crippen LogP contribution is -2.52.